The molecular formula is C18H26N6O. The minimum absolute atomic E-state index is 0.185. The largest absolute Gasteiger partial charge is 0.350 e. The third-order valence-electron chi connectivity index (χ3n) is 5.35. The fraction of sp³-hybridized carbons (Fsp3) is 0.611. The molecule has 134 valence electrons. The molecule has 2 aromatic rings. The Balaban J connectivity index is 1.35. The highest BCUT2D eigenvalue weighted by Crippen LogP contribution is 2.26. The highest BCUT2D eigenvalue weighted by Gasteiger charge is 2.25. The summed E-state index contributed by atoms with van der Waals surface area (Å²) in [6.07, 6.45) is 7.16. The molecule has 1 aliphatic carbocycles. The number of nitrogens with one attached hydrogen (secondary N) is 1. The summed E-state index contributed by atoms with van der Waals surface area (Å²) in [6.45, 7) is 7.22. The second-order valence-corrected chi connectivity index (χ2v) is 7.04. The number of carbonyl (C=O) groups is 1. The van der Waals surface area contributed by atoms with Gasteiger partial charge in [-0.1, -0.05) is 6.42 Å². The first kappa shape index (κ1) is 16.3. The minimum atomic E-state index is 0.185. The van der Waals surface area contributed by atoms with Crippen LogP contribution in [0.15, 0.2) is 18.5 Å². The lowest BCUT2D eigenvalue weighted by Crippen LogP contribution is -2.34. The zero-order valence-corrected chi connectivity index (χ0v) is 14.8. The van der Waals surface area contributed by atoms with Gasteiger partial charge in [-0.05, 0) is 25.8 Å². The predicted octanol–water partition coefficient (Wildman–Crippen LogP) is 1.53. The number of hydrogen-bond acceptors (Lipinski definition) is 4. The van der Waals surface area contributed by atoms with Gasteiger partial charge < -0.3 is 9.88 Å². The van der Waals surface area contributed by atoms with E-state index in [1.165, 1.54) is 12.1 Å². The lowest BCUT2D eigenvalue weighted by Gasteiger charge is -2.27. The summed E-state index contributed by atoms with van der Waals surface area (Å²) in [5.74, 6) is 1.53. The molecule has 25 heavy (non-hydrogen) atoms. The van der Waals surface area contributed by atoms with E-state index in [2.05, 4.69) is 42.5 Å². The van der Waals surface area contributed by atoms with Crippen LogP contribution in [-0.2, 0) is 37.5 Å². The second-order valence-electron chi connectivity index (χ2n) is 7.04. The molecule has 3 heterocycles. The van der Waals surface area contributed by atoms with Gasteiger partial charge in [0.2, 0.25) is 5.91 Å². The van der Waals surface area contributed by atoms with Crippen LogP contribution < -0.4 is 5.32 Å². The number of aromatic nitrogens is 4. The van der Waals surface area contributed by atoms with Crippen molar-refractivity contribution in [1.29, 1.82) is 0 Å². The lowest BCUT2D eigenvalue weighted by molar-refractivity contribution is -0.127. The number of imidazole rings is 1. The summed E-state index contributed by atoms with van der Waals surface area (Å²) in [5, 5.41) is 7.68. The van der Waals surface area contributed by atoms with E-state index in [1.54, 1.807) is 0 Å². The maximum atomic E-state index is 12.0. The average Bonchev–Trinajstić information content (AvgIpc) is 3.16. The highest BCUT2D eigenvalue weighted by molar-refractivity contribution is 5.79. The maximum absolute atomic E-state index is 12.0. The van der Waals surface area contributed by atoms with Crippen LogP contribution in [-0.4, -0.2) is 36.7 Å². The smallest absolute Gasteiger partial charge is 0.223 e. The van der Waals surface area contributed by atoms with E-state index < -0.39 is 0 Å². The first-order valence-electron chi connectivity index (χ1n) is 9.28. The number of carbonyl (C=O) groups excluding carboxylic acids is 1. The molecule has 2 aliphatic rings. The Morgan fingerprint density at radius 1 is 1.36 bits per heavy atom. The molecule has 1 amide bonds. The van der Waals surface area contributed by atoms with Crippen molar-refractivity contribution in [2.45, 2.75) is 58.9 Å². The number of nitrogens with zero attached hydrogens (tertiary/aromatic N) is 5. The Morgan fingerprint density at radius 3 is 3.00 bits per heavy atom. The fourth-order valence-corrected chi connectivity index (χ4v) is 3.57. The molecule has 0 aromatic carbocycles. The van der Waals surface area contributed by atoms with Crippen LogP contribution in [0.25, 0.3) is 0 Å². The Morgan fingerprint density at radius 2 is 2.24 bits per heavy atom. The van der Waals surface area contributed by atoms with Gasteiger partial charge in [0, 0.05) is 37.9 Å². The van der Waals surface area contributed by atoms with Crippen molar-refractivity contribution in [3.05, 3.63) is 35.7 Å². The van der Waals surface area contributed by atoms with E-state index in [-0.39, 0.29) is 11.8 Å². The molecule has 0 atom stereocenters. The first-order valence-corrected chi connectivity index (χ1v) is 9.28. The van der Waals surface area contributed by atoms with E-state index in [1.807, 2.05) is 12.4 Å². The van der Waals surface area contributed by atoms with Crippen molar-refractivity contribution in [2.24, 2.45) is 5.92 Å². The summed E-state index contributed by atoms with van der Waals surface area (Å²) < 4.78 is 4.26. The molecule has 1 saturated carbocycles. The standard InChI is InChI=1S/C18H26N6O/c1-2-23-7-6-19-17(23)13-22-8-9-24-16(12-22)10-15(21-24)11-20-18(25)14-4-3-5-14/h6-7,10,14H,2-5,8-9,11-13H2,1H3,(H,20,25). The topological polar surface area (TPSA) is 68.0 Å². The van der Waals surface area contributed by atoms with Crippen molar-refractivity contribution >= 4 is 5.91 Å². The van der Waals surface area contributed by atoms with Gasteiger partial charge in [0.05, 0.1) is 31.0 Å². The predicted molar refractivity (Wildman–Crippen MR) is 93.4 cm³/mol. The maximum Gasteiger partial charge on any atom is 0.223 e. The number of aryl methyl sites for hydroxylation is 1. The molecule has 2 aromatic heterocycles. The average molecular weight is 342 g/mol. The fourth-order valence-electron chi connectivity index (χ4n) is 3.57. The normalized spacial score (nSPS) is 18.0. The van der Waals surface area contributed by atoms with Crippen LogP contribution in [0.5, 0.6) is 0 Å². The first-order chi connectivity index (χ1) is 12.2. The van der Waals surface area contributed by atoms with Crippen LogP contribution >= 0.6 is 0 Å². The summed E-state index contributed by atoms with van der Waals surface area (Å²) in [5.41, 5.74) is 2.17. The summed E-state index contributed by atoms with van der Waals surface area (Å²) in [6, 6.07) is 2.12. The molecule has 4 rings (SSSR count). The van der Waals surface area contributed by atoms with Crippen LogP contribution in [0.3, 0.4) is 0 Å². The van der Waals surface area contributed by atoms with Crippen LogP contribution in [0.4, 0.5) is 0 Å². The van der Waals surface area contributed by atoms with E-state index in [0.717, 1.165) is 57.1 Å². The highest BCUT2D eigenvalue weighted by atomic mass is 16.1. The Kier molecular flexibility index (Phi) is 4.57. The summed E-state index contributed by atoms with van der Waals surface area (Å²) in [7, 11) is 0. The molecule has 7 heteroatoms. The van der Waals surface area contributed by atoms with Gasteiger partial charge in [-0.25, -0.2) is 4.98 Å². The van der Waals surface area contributed by atoms with Gasteiger partial charge in [-0.15, -0.1) is 0 Å². The van der Waals surface area contributed by atoms with Gasteiger partial charge in [0.1, 0.15) is 5.82 Å². The van der Waals surface area contributed by atoms with Gasteiger partial charge in [-0.2, -0.15) is 5.10 Å². The Hall–Kier alpha value is -2.15. The van der Waals surface area contributed by atoms with Crippen LogP contribution in [0.1, 0.15) is 43.4 Å². The van der Waals surface area contributed by atoms with Crippen LogP contribution in [0, 0.1) is 5.92 Å². The quantitative estimate of drug-likeness (QED) is 0.864. The van der Waals surface area contributed by atoms with Crippen molar-refractivity contribution in [3.63, 3.8) is 0 Å². The van der Waals surface area contributed by atoms with Crippen LogP contribution in [0.2, 0.25) is 0 Å². The number of fused-ring (bicyclic) bond motifs is 1. The SMILES string of the molecule is CCn1ccnc1CN1CCn2nc(CNC(=O)C3CCC3)cc2C1. The third kappa shape index (κ3) is 3.46. The molecule has 7 nitrogen and oxygen atoms in total. The van der Waals surface area contributed by atoms with Gasteiger partial charge in [-0.3, -0.25) is 14.4 Å². The lowest BCUT2D eigenvalue weighted by atomic mass is 9.85. The van der Waals surface area contributed by atoms with Crippen molar-refractivity contribution in [1.82, 2.24) is 29.5 Å². The number of rotatable bonds is 6. The molecule has 0 saturated heterocycles. The Labute approximate surface area is 148 Å². The zero-order chi connectivity index (χ0) is 17.2. The summed E-state index contributed by atoms with van der Waals surface area (Å²) >= 11 is 0. The van der Waals surface area contributed by atoms with Crippen molar-refractivity contribution in [3.8, 4) is 0 Å². The van der Waals surface area contributed by atoms with E-state index >= 15 is 0 Å². The minimum Gasteiger partial charge on any atom is -0.350 e. The van der Waals surface area contributed by atoms with Crippen molar-refractivity contribution in [2.75, 3.05) is 6.54 Å². The molecule has 0 unspecified atom stereocenters. The molecule has 0 spiro atoms. The monoisotopic (exact) mass is 342 g/mol. The Bertz CT molecular complexity index is 745. The molecular weight excluding hydrogens is 316 g/mol. The van der Waals surface area contributed by atoms with Gasteiger partial charge >= 0.3 is 0 Å². The third-order valence-corrected chi connectivity index (χ3v) is 5.35. The van der Waals surface area contributed by atoms with E-state index in [4.69, 9.17) is 0 Å². The molecule has 1 aliphatic heterocycles. The summed E-state index contributed by atoms with van der Waals surface area (Å²) in [4.78, 5) is 18.8. The number of hydrogen-bond donors (Lipinski definition) is 1. The van der Waals surface area contributed by atoms with Gasteiger partial charge in [0.15, 0.2) is 0 Å². The van der Waals surface area contributed by atoms with E-state index in [9.17, 15) is 4.79 Å². The van der Waals surface area contributed by atoms with Gasteiger partial charge in [0.25, 0.3) is 0 Å². The molecule has 0 radical (unpaired) electrons. The molecule has 1 N–H and O–H groups in total. The molecule has 0 bridgehead atoms. The second kappa shape index (κ2) is 7.00. The molecule has 1 fully saturated rings. The van der Waals surface area contributed by atoms with Crippen molar-refractivity contribution < 1.29 is 4.79 Å². The number of amides is 1. The van der Waals surface area contributed by atoms with E-state index in [0.29, 0.717) is 6.54 Å². The zero-order valence-electron chi connectivity index (χ0n) is 14.8.